The lowest BCUT2D eigenvalue weighted by Crippen LogP contribution is -1.93. The summed E-state index contributed by atoms with van der Waals surface area (Å²) < 4.78 is 14.6. The van der Waals surface area contributed by atoms with E-state index in [4.69, 9.17) is 8.83 Å². The molecule has 0 atom stereocenters. The summed E-state index contributed by atoms with van der Waals surface area (Å²) in [5, 5.41) is 5.84. The number of hydrogen-bond acceptors (Lipinski definition) is 2. The van der Waals surface area contributed by atoms with Gasteiger partial charge in [-0.25, -0.2) is 0 Å². The van der Waals surface area contributed by atoms with Crippen molar-refractivity contribution in [3.63, 3.8) is 0 Å². The predicted molar refractivity (Wildman–Crippen MR) is 197 cm³/mol. The molecule has 0 fully saturated rings. The molecule has 0 N–H and O–H groups in total. The van der Waals surface area contributed by atoms with Crippen LogP contribution in [0.25, 0.3) is 88.7 Å². The molecule has 3 aromatic heterocycles. The molecule has 0 amide bonds. The van der Waals surface area contributed by atoms with Gasteiger partial charge in [-0.2, -0.15) is 0 Å². The van der Waals surface area contributed by atoms with Crippen molar-refractivity contribution >= 4 is 60.8 Å². The summed E-state index contributed by atoms with van der Waals surface area (Å²) >= 11 is 0. The van der Waals surface area contributed by atoms with E-state index in [2.05, 4.69) is 157 Å². The molecule has 47 heavy (non-hydrogen) atoms. The maximum atomic E-state index is 6.34. The summed E-state index contributed by atoms with van der Waals surface area (Å²) in [4.78, 5) is 0. The number of hydrogen-bond donors (Lipinski definition) is 0. The maximum absolute atomic E-state index is 6.34. The number of benzene rings is 6. The molecular weight excluding hydrogens is 574 g/mol. The second-order valence-electron chi connectivity index (χ2n) is 12.2. The van der Waals surface area contributed by atoms with Crippen LogP contribution >= 0.6 is 0 Å². The van der Waals surface area contributed by atoms with Gasteiger partial charge in [-0.15, -0.1) is 0 Å². The van der Waals surface area contributed by atoms with Crippen molar-refractivity contribution in [2.45, 2.75) is 13.8 Å². The molecule has 3 heterocycles. The topological polar surface area (TPSA) is 31.2 Å². The van der Waals surface area contributed by atoms with E-state index >= 15 is 0 Å². The van der Waals surface area contributed by atoms with Gasteiger partial charge in [-0.1, -0.05) is 84.5 Å². The molecule has 0 saturated carbocycles. The molecule has 9 aromatic rings. The Labute approximate surface area is 272 Å². The molecule has 224 valence electrons. The minimum Gasteiger partial charge on any atom is -0.464 e. The Balaban J connectivity index is 1.14. The SMILES string of the molecule is C/C=C\C(C)=C/c1coc2ccc(-c3cccc(-c4ccc5oc6ccc(-n7c8ccccc8c8ccccc87)cc6c5c4)c3)cc12. The molecule has 9 rings (SSSR count). The lowest BCUT2D eigenvalue weighted by Gasteiger charge is -2.08. The van der Waals surface area contributed by atoms with E-state index in [9.17, 15) is 0 Å². The van der Waals surface area contributed by atoms with Crippen molar-refractivity contribution in [1.82, 2.24) is 4.57 Å². The lowest BCUT2D eigenvalue weighted by molar-refractivity contribution is 0.615. The third-order valence-corrected chi connectivity index (χ3v) is 9.24. The zero-order valence-electron chi connectivity index (χ0n) is 26.2. The quantitative estimate of drug-likeness (QED) is 0.183. The Morgan fingerprint density at radius 1 is 0.553 bits per heavy atom. The highest BCUT2D eigenvalue weighted by Crippen LogP contribution is 2.38. The van der Waals surface area contributed by atoms with Gasteiger partial charge in [0.05, 0.1) is 17.3 Å². The van der Waals surface area contributed by atoms with Gasteiger partial charge in [0.25, 0.3) is 0 Å². The summed E-state index contributed by atoms with van der Waals surface area (Å²) in [6.07, 6.45) is 8.18. The largest absolute Gasteiger partial charge is 0.464 e. The first-order valence-corrected chi connectivity index (χ1v) is 16.0. The Morgan fingerprint density at radius 3 is 1.85 bits per heavy atom. The standard InChI is InChI=1S/C44H31NO2/c1-3-9-28(2)22-33-27-46-42-19-16-31(24-37(33)42)29-10-8-11-30(23-29)32-17-20-43-38(25-32)39-26-34(18-21-44(39)47-43)45-40-14-6-4-12-35(40)36-13-5-7-15-41(36)45/h3-27H,1-2H3/b9-3-,28-22-. The fraction of sp³-hybridized carbons (Fsp3) is 0.0455. The van der Waals surface area contributed by atoms with Crippen LogP contribution in [0.15, 0.2) is 160 Å². The highest BCUT2D eigenvalue weighted by atomic mass is 16.3. The average molecular weight is 606 g/mol. The number of allylic oxidation sites excluding steroid dienone is 3. The smallest absolute Gasteiger partial charge is 0.135 e. The zero-order chi connectivity index (χ0) is 31.5. The molecule has 0 aliphatic rings. The van der Waals surface area contributed by atoms with Crippen LogP contribution < -0.4 is 0 Å². The summed E-state index contributed by atoms with van der Waals surface area (Å²) in [5.41, 5.74) is 13.1. The summed E-state index contributed by atoms with van der Waals surface area (Å²) in [6, 6.07) is 45.5. The monoisotopic (exact) mass is 605 g/mol. The minimum atomic E-state index is 0.887. The van der Waals surface area contributed by atoms with Gasteiger partial charge in [0.2, 0.25) is 0 Å². The number of nitrogens with zero attached hydrogens (tertiary/aromatic N) is 1. The van der Waals surface area contributed by atoms with Gasteiger partial charge < -0.3 is 13.4 Å². The molecule has 0 radical (unpaired) electrons. The number of furan rings is 2. The van der Waals surface area contributed by atoms with E-state index in [1.807, 2.05) is 13.2 Å². The van der Waals surface area contributed by atoms with Crippen molar-refractivity contribution in [2.24, 2.45) is 0 Å². The molecule has 0 saturated heterocycles. The fourth-order valence-electron chi connectivity index (χ4n) is 7.06. The van der Waals surface area contributed by atoms with Gasteiger partial charge in [0, 0.05) is 38.2 Å². The number of rotatable bonds is 5. The van der Waals surface area contributed by atoms with Gasteiger partial charge in [0.15, 0.2) is 0 Å². The van der Waals surface area contributed by atoms with Crippen molar-refractivity contribution in [1.29, 1.82) is 0 Å². The molecular formula is C44H31NO2. The second-order valence-corrected chi connectivity index (χ2v) is 12.2. The minimum absolute atomic E-state index is 0.887. The van der Waals surface area contributed by atoms with E-state index in [1.54, 1.807) is 0 Å². The molecule has 0 spiro atoms. The Kier molecular flexibility index (Phi) is 6.26. The van der Waals surface area contributed by atoms with Crippen molar-refractivity contribution < 1.29 is 8.83 Å². The molecule has 0 aliphatic heterocycles. The third-order valence-electron chi connectivity index (χ3n) is 9.24. The van der Waals surface area contributed by atoms with E-state index in [0.29, 0.717) is 0 Å². The van der Waals surface area contributed by atoms with Crippen LogP contribution in [-0.4, -0.2) is 4.57 Å². The third kappa shape index (κ3) is 4.51. The van der Waals surface area contributed by atoms with E-state index < -0.39 is 0 Å². The van der Waals surface area contributed by atoms with Crippen LogP contribution in [0, 0.1) is 0 Å². The predicted octanol–water partition coefficient (Wildman–Crippen LogP) is 12.7. The van der Waals surface area contributed by atoms with Crippen LogP contribution in [0.2, 0.25) is 0 Å². The Bertz CT molecular complexity index is 2660. The highest BCUT2D eigenvalue weighted by molar-refractivity contribution is 6.11. The van der Waals surface area contributed by atoms with Gasteiger partial charge in [-0.05, 0) is 103 Å². The summed E-state index contributed by atoms with van der Waals surface area (Å²) in [7, 11) is 0. The van der Waals surface area contributed by atoms with Gasteiger partial charge in [0.1, 0.15) is 16.7 Å². The number of aromatic nitrogens is 1. The van der Waals surface area contributed by atoms with E-state index in [-0.39, 0.29) is 0 Å². The molecule has 0 aliphatic carbocycles. The normalized spacial score (nSPS) is 12.5. The molecule has 3 heteroatoms. The lowest BCUT2D eigenvalue weighted by atomic mass is 9.97. The van der Waals surface area contributed by atoms with Crippen molar-refractivity contribution in [3.05, 3.63) is 157 Å². The molecule has 6 aromatic carbocycles. The second kappa shape index (κ2) is 10.8. The van der Waals surface area contributed by atoms with Crippen LogP contribution in [-0.2, 0) is 0 Å². The van der Waals surface area contributed by atoms with Crippen LogP contribution in [0.5, 0.6) is 0 Å². The first-order chi connectivity index (χ1) is 23.1. The van der Waals surface area contributed by atoms with Crippen LogP contribution in [0.1, 0.15) is 19.4 Å². The Hall–Kier alpha value is -6.06. The molecule has 0 bridgehead atoms. The zero-order valence-corrected chi connectivity index (χ0v) is 26.2. The Morgan fingerprint density at radius 2 is 1.15 bits per heavy atom. The first kappa shape index (κ1) is 27.3. The van der Waals surface area contributed by atoms with Crippen molar-refractivity contribution in [3.8, 4) is 27.9 Å². The highest BCUT2D eigenvalue weighted by Gasteiger charge is 2.15. The van der Waals surface area contributed by atoms with Crippen LogP contribution in [0.3, 0.4) is 0 Å². The van der Waals surface area contributed by atoms with Gasteiger partial charge in [-0.3, -0.25) is 0 Å². The summed E-state index contributed by atoms with van der Waals surface area (Å²) in [5.74, 6) is 0. The average Bonchev–Trinajstić information content (AvgIpc) is 3.79. The van der Waals surface area contributed by atoms with Crippen molar-refractivity contribution in [2.75, 3.05) is 0 Å². The maximum Gasteiger partial charge on any atom is 0.135 e. The number of fused-ring (bicyclic) bond motifs is 7. The number of para-hydroxylation sites is 2. The molecule has 0 unspecified atom stereocenters. The first-order valence-electron chi connectivity index (χ1n) is 16.0. The van der Waals surface area contributed by atoms with E-state index in [1.165, 1.54) is 27.4 Å². The van der Waals surface area contributed by atoms with E-state index in [0.717, 1.165) is 66.4 Å². The van der Waals surface area contributed by atoms with Gasteiger partial charge >= 0.3 is 0 Å². The van der Waals surface area contributed by atoms with Crippen LogP contribution in [0.4, 0.5) is 0 Å². The summed E-state index contributed by atoms with van der Waals surface area (Å²) in [6.45, 7) is 4.14. The molecule has 3 nitrogen and oxygen atoms in total. The fourth-order valence-corrected chi connectivity index (χ4v) is 7.06.